The lowest BCUT2D eigenvalue weighted by molar-refractivity contribution is 0.232. The van der Waals surface area contributed by atoms with E-state index in [1.165, 1.54) is 143 Å². The van der Waals surface area contributed by atoms with Crippen LogP contribution < -0.4 is 9.47 Å². The molecular weight excluding hydrogens is 777 g/mol. The van der Waals surface area contributed by atoms with Crippen molar-refractivity contribution >= 4 is 24.3 Å². The maximum Gasteiger partial charge on any atom is 0.127 e. The molecule has 0 amide bonds. The molecule has 0 saturated heterocycles. The van der Waals surface area contributed by atoms with Gasteiger partial charge in [0.05, 0.1) is 13.7 Å². The highest BCUT2D eigenvalue weighted by Crippen LogP contribution is 2.55. The van der Waals surface area contributed by atoms with E-state index in [2.05, 4.69) is 163 Å². The van der Waals surface area contributed by atoms with Crippen molar-refractivity contribution in [1.29, 1.82) is 0 Å². The summed E-state index contributed by atoms with van der Waals surface area (Å²) in [5.74, 6) is 2.27. The largest absolute Gasteiger partial charge is 0.496 e. The zero-order chi connectivity index (χ0) is 45.2. The average molecular weight is 857 g/mol. The molecule has 0 spiro atoms. The molecule has 5 aromatic rings. The summed E-state index contributed by atoms with van der Waals surface area (Å²) in [6.45, 7) is 14.3. The van der Waals surface area contributed by atoms with E-state index in [1.54, 1.807) is 18.2 Å². The van der Waals surface area contributed by atoms with E-state index >= 15 is 0 Å². The Hall–Kier alpha value is -4.82. The molecule has 340 valence electrons. The van der Waals surface area contributed by atoms with E-state index in [4.69, 9.17) is 9.47 Å². The molecule has 0 saturated carbocycles. The fourth-order valence-corrected chi connectivity index (χ4v) is 9.96. The second kappa shape index (κ2) is 25.0. The molecule has 0 heterocycles. The second-order valence-corrected chi connectivity index (χ2v) is 19.0. The van der Waals surface area contributed by atoms with E-state index in [0.717, 1.165) is 40.2 Å². The molecule has 6 rings (SSSR count). The van der Waals surface area contributed by atoms with Crippen LogP contribution in [0.4, 0.5) is 0 Å². The molecule has 1 atom stereocenters. The number of benzene rings is 5. The number of methoxy groups -OCH3 is 1. The molecular formula is C62H80O2. The summed E-state index contributed by atoms with van der Waals surface area (Å²) >= 11 is 0. The van der Waals surface area contributed by atoms with Gasteiger partial charge >= 0.3 is 0 Å². The Labute approximate surface area is 389 Å². The molecule has 0 bridgehead atoms. The first-order valence-corrected chi connectivity index (χ1v) is 25.5. The number of hydrogen-bond donors (Lipinski definition) is 0. The van der Waals surface area contributed by atoms with Gasteiger partial charge in [0.2, 0.25) is 0 Å². The van der Waals surface area contributed by atoms with Crippen LogP contribution in [0.2, 0.25) is 0 Å². The quantitative estimate of drug-likeness (QED) is 0.0387. The van der Waals surface area contributed by atoms with Gasteiger partial charge in [0.15, 0.2) is 0 Å². The van der Waals surface area contributed by atoms with E-state index in [-0.39, 0.29) is 5.41 Å². The first-order chi connectivity index (χ1) is 31.3. The van der Waals surface area contributed by atoms with Crippen LogP contribution in [0.5, 0.6) is 11.5 Å². The smallest absolute Gasteiger partial charge is 0.127 e. The summed E-state index contributed by atoms with van der Waals surface area (Å²) in [6, 6.07) is 36.7. The highest BCUT2D eigenvalue weighted by Gasteiger charge is 2.42. The van der Waals surface area contributed by atoms with Gasteiger partial charge in [-0.3, -0.25) is 0 Å². The number of unbranched alkanes of at least 4 members (excludes halogenated alkanes) is 11. The summed E-state index contributed by atoms with van der Waals surface area (Å²) in [5, 5.41) is 0. The van der Waals surface area contributed by atoms with Gasteiger partial charge in [-0.05, 0) is 102 Å². The highest BCUT2D eigenvalue weighted by molar-refractivity contribution is 5.85. The molecule has 0 radical (unpaired) electrons. The van der Waals surface area contributed by atoms with Crippen molar-refractivity contribution in [1.82, 2.24) is 0 Å². The lowest BCUT2D eigenvalue weighted by atomic mass is 9.70. The summed E-state index contributed by atoms with van der Waals surface area (Å²) in [7, 11) is 1.76. The fraction of sp³-hybridized carbons (Fsp3) is 0.452. The predicted molar refractivity (Wildman–Crippen MR) is 280 cm³/mol. The van der Waals surface area contributed by atoms with Crippen molar-refractivity contribution in [3.05, 3.63) is 142 Å². The van der Waals surface area contributed by atoms with E-state index < -0.39 is 0 Å². The third-order valence-electron chi connectivity index (χ3n) is 14.0. The molecule has 2 nitrogen and oxygen atoms in total. The Kier molecular flexibility index (Phi) is 19.0. The van der Waals surface area contributed by atoms with Gasteiger partial charge in [-0.25, -0.2) is 0 Å². The van der Waals surface area contributed by atoms with Crippen molar-refractivity contribution in [3.63, 3.8) is 0 Å². The summed E-state index contributed by atoms with van der Waals surface area (Å²) in [6.07, 6.45) is 31.9. The number of rotatable bonds is 27. The monoisotopic (exact) mass is 857 g/mol. The molecule has 0 fully saturated rings. The Morgan fingerprint density at radius 2 is 0.984 bits per heavy atom. The third-order valence-corrected chi connectivity index (χ3v) is 14.0. The minimum atomic E-state index is 0.0749. The van der Waals surface area contributed by atoms with Crippen molar-refractivity contribution in [2.24, 2.45) is 5.92 Å². The summed E-state index contributed by atoms with van der Waals surface area (Å²) in [4.78, 5) is 0. The van der Waals surface area contributed by atoms with Crippen LogP contribution in [0.3, 0.4) is 0 Å². The van der Waals surface area contributed by atoms with Gasteiger partial charge in [0.1, 0.15) is 11.5 Å². The van der Waals surface area contributed by atoms with Crippen LogP contribution in [-0.2, 0) is 5.41 Å². The first-order valence-electron chi connectivity index (χ1n) is 25.5. The molecule has 0 aromatic heterocycles. The van der Waals surface area contributed by atoms with Crippen molar-refractivity contribution < 1.29 is 9.47 Å². The number of fused-ring (bicyclic) bond motifs is 3. The van der Waals surface area contributed by atoms with Crippen molar-refractivity contribution in [2.45, 2.75) is 163 Å². The van der Waals surface area contributed by atoms with E-state index in [0.29, 0.717) is 12.5 Å². The maximum atomic E-state index is 6.67. The molecule has 1 aliphatic carbocycles. The van der Waals surface area contributed by atoms with Crippen molar-refractivity contribution in [3.8, 4) is 33.8 Å². The maximum absolute atomic E-state index is 6.67. The van der Waals surface area contributed by atoms with E-state index in [1.807, 2.05) is 0 Å². The Morgan fingerprint density at radius 3 is 1.58 bits per heavy atom. The van der Waals surface area contributed by atoms with Gasteiger partial charge in [0.25, 0.3) is 0 Å². The van der Waals surface area contributed by atoms with Crippen LogP contribution in [0.15, 0.2) is 97.1 Å². The molecule has 1 aliphatic rings. The Bertz CT molecular complexity index is 2220. The minimum Gasteiger partial charge on any atom is -0.496 e. The van der Waals surface area contributed by atoms with Crippen LogP contribution in [0, 0.1) is 19.8 Å². The van der Waals surface area contributed by atoms with Gasteiger partial charge in [-0.2, -0.15) is 0 Å². The molecule has 2 heteroatoms. The summed E-state index contributed by atoms with van der Waals surface area (Å²) in [5.41, 5.74) is 15.7. The Morgan fingerprint density at radius 1 is 0.484 bits per heavy atom. The van der Waals surface area contributed by atoms with Gasteiger partial charge in [0, 0.05) is 16.5 Å². The fourth-order valence-electron chi connectivity index (χ4n) is 9.96. The normalized spacial score (nSPS) is 13.4. The SMILES string of the molecule is CCCCCCCCC1(CCCCCCCC)c2cc(C)ccc2-c2ccc(-c3ccc(/C=C/c4cc(OCC(CC)CCCC)c(/C=C/c5ccc(C)cc5)cc4OC)cc3)cc21. The Balaban J connectivity index is 1.27. The topological polar surface area (TPSA) is 18.5 Å². The minimum absolute atomic E-state index is 0.0749. The van der Waals surface area contributed by atoms with Gasteiger partial charge < -0.3 is 9.47 Å². The average Bonchev–Trinajstić information content (AvgIpc) is 3.58. The van der Waals surface area contributed by atoms with Crippen LogP contribution in [-0.4, -0.2) is 13.7 Å². The number of ether oxygens (including phenoxy) is 2. The van der Waals surface area contributed by atoms with E-state index in [9.17, 15) is 0 Å². The molecule has 0 N–H and O–H groups in total. The zero-order valence-electron chi connectivity index (χ0n) is 40.9. The highest BCUT2D eigenvalue weighted by atomic mass is 16.5. The predicted octanol–water partition coefficient (Wildman–Crippen LogP) is 18.7. The van der Waals surface area contributed by atoms with Gasteiger partial charge in [-0.15, -0.1) is 0 Å². The summed E-state index contributed by atoms with van der Waals surface area (Å²) < 4.78 is 12.7. The molecule has 5 aromatic carbocycles. The van der Waals surface area contributed by atoms with Gasteiger partial charge in [-0.1, -0.05) is 238 Å². The number of hydrogen-bond acceptors (Lipinski definition) is 2. The second-order valence-electron chi connectivity index (χ2n) is 19.0. The number of aryl methyl sites for hydroxylation is 2. The molecule has 64 heavy (non-hydrogen) atoms. The zero-order valence-corrected chi connectivity index (χ0v) is 40.9. The molecule has 0 aliphatic heterocycles. The lowest BCUT2D eigenvalue weighted by Gasteiger charge is -2.33. The third kappa shape index (κ3) is 12.9. The standard InChI is InChI=1S/C62H80O2/c1-8-12-15-17-19-21-40-62(41-22-20-18-16-13-9-2)58-42-48(6)26-38-56(58)57-39-37-53(43-59(57)62)52-33-29-51(30-34-52)31-35-54-45-61(64-46-49(11-4)23-14-10-3)55(44-60(54)63-7)36-32-50-27-24-47(5)25-28-50/h24-39,42-45,49H,8-23,40-41,46H2,1-7H3/b35-31+,36-32+. The van der Waals surface area contributed by atoms with Crippen molar-refractivity contribution in [2.75, 3.05) is 13.7 Å². The first kappa shape index (κ1) is 48.6. The lowest BCUT2D eigenvalue weighted by Crippen LogP contribution is -2.25. The van der Waals surface area contributed by atoms with Crippen LogP contribution in [0.1, 0.15) is 188 Å². The van der Waals surface area contributed by atoms with Crippen LogP contribution in [0.25, 0.3) is 46.6 Å². The molecule has 1 unspecified atom stereocenters. The van der Waals surface area contributed by atoms with Crippen LogP contribution >= 0.6 is 0 Å².